The van der Waals surface area contributed by atoms with E-state index in [-0.39, 0.29) is 12.0 Å². The number of phenols is 1. The fourth-order valence-electron chi connectivity index (χ4n) is 1.35. The second-order valence-electron chi connectivity index (χ2n) is 3.51. The molecule has 0 amide bonds. The largest absolute Gasteiger partial charge is 0.497 e. The van der Waals surface area contributed by atoms with Gasteiger partial charge in [-0.3, -0.25) is 25.0 Å². The van der Waals surface area contributed by atoms with Crippen LogP contribution in [0.15, 0.2) is 12.1 Å². The van der Waals surface area contributed by atoms with Crippen molar-refractivity contribution in [2.24, 2.45) is 0 Å². The number of hydrogen-bond acceptors (Lipinski definition) is 6. The van der Waals surface area contributed by atoms with E-state index >= 15 is 0 Å². The van der Waals surface area contributed by atoms with Crippen LogP contribution < -0.4 is 0 Å². The molecule has 9 nitrogen and oxygen atoms in total. The van der Waals surface area contributed by atoms with Crippen LogP contribution in [0.1, 0.15) is 5.56 Å². The zero-order valence-electron chi connectivity index (χ0n) is 9.15. The van der Waals surface area contributed by atoms with Gasteiger partial charge >= 0.3 is 17.3 Å². The first-order valence-electron chi connectivity index (χ1n) is 4.75. The maximum absolute atomic E-state index is 10.6. The van der Waals surface area contributed by atoms with Crippen LogP contribution in [0.2, 0.25) is 0 Å². The molecule has 1 unspecified atom stereocenters. The Morgan fingerprint density at radius 3 is 2.00 bits per heavy atom. The Labute approximate surface area is 110 Å². The van der Waals surface area contributed by atoms with E-state index in [4.69, 9.17) is 16.7 Å². The molecule has 0 aromatic heterocycles. The topological polar surface area (TPSA) is 144 Å². The number of carboxylic acid groups (broad SMARTS) is 1. The minimum absolute atomic E-state index is 0.0291. The summed E-state index contributed by atoms with van der Waals surface area (Å²) in [5.41, 5.74) is -1.78. The molecule has 0 bridgehead atoms. The van der Waals surface area contributed by atoms with E-state index in [2.05, 4.69) is 0 Å². The molecule has 1 rings (SSSR count). The van der Waals surface area contributed by atoms with Crippen molar-refractivity contribution in [3.05, 3.63) is 37.9 Å². The van der Waals surface area contributed by atoms with Crippen LogP contribution in [-0.4, -0.2) is 31.4 Å². The van der Waals surface area contributed by atoms with E-state index in [9.17, 15) is 30.1 Å². The molecule has 0 aliphatic heterocycles. The highest BCUT2D eigenvalue weighted by Crippen LogP contribution is 2.37. The predicted octanol–water partition coefficient (Wildman–Crippen LogP) is 1.44. The summed E-state index contributed by atoms with van der Waals surface area (Å²) in [6.07, 6.45) is -0.348. The Bertz CT molecular complexity index is 524. The van der Waals surface area contributed by atoms with E-state index in [1.54, 1.807) is 0 Å². The summed E-state index contributed by atoms with van der Waals surface area (Å²) in [7, 11) is 0. The highest BCUT2D eigenvalue weighted by molar-refractivity contribution is 6.29. The fraction of sp³-hybridized carbons (Fsp3) is 0.222. The van der Waals surface area contributed by atoms with Crippen molar-refractivity contribution in [3.63, 3.8) is 0 Å². The second-order valence-corrected chi connectivity index (χ2v) is 4.03. The monoisotopic (exact) mass is 290 g/mol. The first-order valence-corrected chi connectivity index (χ1v) is 5.19. The van der Waals surface area contributed by atoms with E-state index in [1.165, 1.54) is 0 Å². The van der Waals surface area contributed by atoms with Crippen LogP contribution in [0.25, 0.3) is 0 Å². The number of halogens is 1. The van der Waals surface area contributed by atoms with Crippen LogP contribution in [0.4, 0.5) is 11.4 Å². The van der Waals surface area contributed by atoms with E-state index in [0.717, 1.165) is 12.1 Å². The van der Waals surface area contributed by atoms with Gasteiger partial charge in [-0.25, -0.2) is 0 Å². The van der Waals surface area contributed by atoms with Crippen LogP contribution in [0.3, 0.4) is 0 Å². The minimum atomic E-state index is -1.39. The number of nitrogens with zero attached hydrogens (tertiary/aromatic N) is 2. The van der Waals surface area contributed by atoms with Crippen molar-refractivity contribution in [2.75, 3.05) is 0 Å². The molecular weight excluding hydrogens is 284 g/mol. The van der Waals surface area contributed by atoms with Gasteiger partial charge in [0, 0.05) is 12.1 Å². The predicted molar refractivity (Wildman–Crippen MR) is 62.4 cm³/mol. The van der Waals surface area contributed by atoms with Crippen LogP contribution >= 0.6 is 11.6 Å². The molecule has 0 aliphatic rings. The van der Waals surface area contributed by atoms with Gasteiger partial charge in [0.05, 0.1) is 9.85 Å². The first kappa shape index (κ1) is 14.6. The number of nitro benzene ring substituents is 2. The van der Waals surface area contributed by atoms with Crippen LogP contribution in [-0.2, 0) is 11.2 Å². The number of carbonyl (C=O) groups is 1. The number of phenolic OH excluding ortho intramolecular Hbond substituents is 1. The molecule has 2 N–H and O–H groups in total. The molecule has 0 aliphatic carbocycles. The zero-order chi connectivity index (χ0) is 14.7. The van der Waals surface area contributed by atoms with Gasteiger partial charge in [0.1, 0.15) is 5.38 Å². The number of aliphatic carboxylic acids is 1. The summed E-state index contributed by atoms with van der Waals surface area (Å²) in [5, 5.41) is 37.9. The molecule has 0 fully saturated rings. The Morgan fingerprint density at radius 2 is 1.68 bits per heavy atom. The smallest absolute Gasteiger partial charge is 0.321 e. The van der Waals surface area contributed by atoms with E-state index < -0.39 is 38.3 Å². The summed E-state index contributed by atoms with van der Waals surface area (Å²) in [6, 6.07) is 1.70. The number of rotatable bonds is 5. The van der Waals surface area contributed by atoms with Crippen molar-refractivity contribution < 1.29 is 24.9 Å². The molecule has 1 aromatic rings. The number of benzene rings is 1. The Hall–Kier alpha value is -2.42. The maximum Gasteiger partial charge on any atom is 0.321 e. The number of carboxylic acids is 1. The standard InChI is InChI=1S/C9H7ClN2O7/c10-5(9(14)15)1-4-2-6(11(16)17)8(13)7(3-4)12(18)19/h2-3,5,13H,1H2,(H,14,15). The van der Waals surface area contributed by atoms with E-state index in [1.807, 2.05) is 0 Å². The average Bonchev–Trinajstić information content (AvgIpc) is 2.30. The molecule has 0 heterocycles. The van der Waals surface area contributed by atoms with Gasteiger partial charge in [-0.2, -0.15) is 0 Å². The van der Waals surface area contributed by atoms with Crippen molar-refractivity contribution in [2.45, 2.75) is 11.8 Å². The highest BCUT2D eigenvalue weighted by Gasteiger charge is 2.27. The van der Waals surface area contributed by atoms with Crippen molar-refractivity contribution >= 4 is 28.9 Å². The van der Waals surface area contributed by atoms with Gasteiger partial charge in [0.25, 0.3) is 5.75 Å². The Kier molecular flexibility index (Phi) is 4.22. The quantitative estimate of drug-likeness (QED) is 0.474. The summed E-state index contributed by atoms with van der Waals surface area (Å²) < 4.78 is 0. The van der Waals surface area contributed by atoms with Crippen molar-refractivity contribution in [1.82, 2.24) is 0 Å². The summed E-state index contributed by atoms with van der Waals surface area (Å²) in [5.74, 6) is -2.44. The number of hydrogen-bond donors (Lipinski definition) is 2. The van der Waals surface area contributed by atoms with Gasteiger partial charge in [0.15, 0.2) is 0 Å². The fourth-order valence-corrected chi connectivity index (χ4v) is 1.53. The number of nitro groups is 2. The molecule has 0 radical (unpaired) electrons. The summed E-state index contributed by atoms with van der Waals surface area (Å²) >= 11 is 5.45. The Balaban J connectivity index is 3.30. The molecule has 102 valence electrons. The van der Waals surface area contributed by atoms with Gasteiger partial charge in [-0.05, 0) is 12.0 Å². The highest BCUT2D eigenvalue weighted by atomic mass is 35.5. The van der Waals surface area contributed by atoms with Gasteiger partial charge in [-0.15, -0.1) is 11.6 Å². The lowest BCUT2D eigenvalue weighted by molar-refractivity contribution is -0.396. The molecule has 0 spiro atoms. The molecule has 1 aromatic carbocycles. The van der Waals surface area contributed by atoms with E-state index in [0.29, 0.717) is 0 Å². The normalized spacial score (nSPS) is 11.8. The van der Waals surface area contributed by atoms with Gasteiger partial charge in [0.2, 0.25) is 0 Å². The average molecular weight is 291 g/mol. The van der Waals surface area contributed by atoms with Crippen LogP contribution in [0.5, 0.6) is 5.75 Å². The van der Waals surface area contributed by atoms with Gasteiger partial charge in [-0.1, -0.05) is 0 Å². The third-order valence-electron chi connectivity index (χ3n) is 2.21. The molecule has 10 heteroatoms. The zero-order valence-corrected chi connectivity index (χ0v) is 9.90. The number of aromatic hydroxyl groups is 1. The molecule has 0 saturated carbocycles. The van der Waals surface area contributed by atoms with Crippen molar-refractivity contribution in [1.29, 1.82) is 0 Å². The van der Waals surface area contributed by atoms with Crippen LogP contribution in [0, 0.1) is 20.2 Å². The lowest BCUT2D eigenvalue weighted by atomic mass is 10.1. The molecule has 1 atom stereocenters. The SMILES string of the molecule is O=C(O)C(Cl)Cc1cc([N+](=O)[O-])c(O)c([N+](=O)[O-])c1. The lowest BCUT2D eigenvalue weighted by Crippen LogP contribution is -2.16. The number of alkyl halides is 1. The third kappa shape index (κ3) is 3.28. The molecule has 19 heavy (non-hydrogen) atoms. The molecular formula is C9H7ClN2O7. The maximum atomic E-state index is 10.6. The lowest BCUT2D eigenvalue weighted by Gasteiger charge is -2.05. The Morgan fingerprint density at radius 1 is 1.26 bits per heavy atom. The van der Waals surface area contributed by atoms with Crippen molar-refractivity contribution in [3.8, 4) is 5.75 Å². The molecule has 0 saturated heterocycles. The minimum Gasteiger partial charge on any atom is -0.497 e. The summed E-state index contributed by atoms with van der Waals surface area (Å²) in [6.45, 7) is 0. The second kappa shape index (κ2) is 5.48. The van der Waals surface area contributed by atoms with Gasteiger partial charge < -0.3 is 10.2 Å². The third-order valence-corrected chi connectivity index (χ3v) is 2.55. The first-order chi connectivity index (χ1) is 8.73. The summed E-state index contributed by atoms with van der Waals surface area (Å²) in [4.78, 5) is 29.8.